The summed E-state index contributed by atoms with van der Waals surface area (Å²) < 4.78 is 167. The van der Waals surface area contributed by atoms with Crippen LogP contribution in [0.5, 0.6) is 11.5 Å². The highest BCUT2D eigenvalue weighted by Crippen LogP contribution is 2.42. The normalized spacial score (nSPS) is 50.4. The molecule has 2 heterocycles. The Labute approximate surface area is 171 Å². The van der Waals surface area contributed by atoms with Crippen molar-refractivity contribution in [3.8, 4) is 11.5 Å². The SMILES string of the molecule is [2H]c1c(OC([2H])([2H])[2H])c(OC)c([2H])c2c1C1([2H])CC(=O)C([2H])(C([2H])([2H])C([2H])(C([2H])([2H])[2H])C([2H])([2H])C)CN1C([2H])([2H])C2([2H])[2H]. The van der Waals surface area contributed by atoms with Crippen molar-refractivity contribution < 1.29 is 40.3 Å². The lowest BCUT2D eigenvalue weighted by Crippen LogP contribution is -2.46. The van der Waals surface area contributed by atoms with E-state index >= 15 is 0 Å². The fourth-order valence-electron chi connectivity index (χ4n) is 2.46. The number of piperidine rings is 1. The Bertz CT molecular complexity index is 1320. The van der Waals surface area contributed by atoms with Crippen LogP contribution in [0.2, 0.25) is 0 Å². The first-order chi connectivity index (χ1) is 18.8. The molecule has 0 spiro atoms. The minimum atomic E-state index is -3.94. The number of carbonyl (C=O) groups excluding carboxylic acids is 1. The van der Waals surface area contributed by atoms with Crippen molar-refractivity contribution in [1.29, 1.82) is 0 Å². The fraction of sp³-hybridized carbons (Fsp3) is 0.650. The van der Waals surface area contributed by atoms with E-state index < -0.39 is 111 Å². The van der Waals surface area contributed by atoms with Gasteiger partial charge in [-0.05, 0) is 41.9 Å². The second kappa shape index (κ2) is 7.14. The lowest BCUT2D eigenvalue weighted by atomic mass is 9.79. The minimum absolute atomic E-state index is 0.183. The minimum Gasteiger partial charge on any atom is -0.493 e. The average molecular weight is 351 g/mol. The predicted octanol–water partition coefficient (Wildman–Crippen LogP) is 3.63. The second-order valence-electron chi connectivity index (χ2n) is 5.06. The van der Waals surface area contributed by atoms with Crippen molar-refractivity contribution in [1.82, 2.24) is 4.90 Å². The van der Waals surface area contributed by atoms with Gasteiger partial charge in [0, 0.05) is 49.2 Å². The molecule has 0 saturated carbocycles. The summed E-state index contributed by atoms with van der Waals surface area (Å²) in [4.78, 5) is 13.9. The lowest BCUT2D eigenvalue weighted by molar-refractivity contribution is -0.129. The Morgan fingerprint density at radius 1 is 1.58 bits per heavy atom. The average Bonchev–Trinajstić information content (AvgIpc) is 2.79. The maximum absolute atomic E-state index is 13.7. The standard InChI is InChI=1S/C20H29NO3/c1-5-13(2)8-15-12-21-7-6-14-9-19(23-3)20(24-4)10-16(14)17(21)11-18(15)22/h9-10,13,15,17H,5-8,11-12H2,1-4H3/i2D3,4D3,5D2,6D2,7D2,8D2,9D,10D,13D,15D,17D. The Morgan fingerprint density at radius 2 is 2.42 bits per heavy atom. The van der Waals surface area contributed by atoms with Gasteiger partial charge in [-0.3, -0.25) is 9.69 Å². The van der Waals surface area contributed by atoms with Gasteiger partial charge in [-0.1, -0.05) is 20.1 Å². The van der Waals surface area contributed by atoms with Crippen molar-refractivity contribution >= 4 is 5.78 Å². The van der Waals surface area contributed by atoms with Gasteiger partial charge in [0.1, 0.15) is 5.78 Å². The third-order valence-electron chi connectivity index (χ3n) is 3.68. The number of hydrogen-bond acceptors (Lipinski definition) is 4. The van der Waals surface area contributed by atoms with Gasteiger partial charge in [0.2, 0.25) is 0 Å². The second-order valence-corrected chi connectivity index (χ2v) is 5.06. The zero-order valence-corrected chi connectivity index (χ0v) is 13.1. The Morgan fingerprint density at radius 3 is 3.12 bits per heavy atom. The van der Waals surface area contributed by atoms with Gasteiger partial charge in [0.05, 0.1) is 22.4 Å². The molecular formula is C20H29NO3. The summed E-state index contributed by atoms with van der Waals surface area (Å²) in [7, 11) is -2.33. The van der Waals surface area contributed by atoms with E-state index in [-0.39, 0.29) is 4.90 Å². The Hall–Kier alpha value is -1.55. The topological polar surface area (TPSA) is 38.8 Å². The molecule has 24 heavy (non-hydrogen) atoms. The summed E-state index contributed by atoms with van der Waals surface area (Å²) in [6.45, 7) is -8.34. The zero-order valence-electron chi connectivity index (χ0n) is 32.1. The van der Waals surface area contributed by atoms with Crippen LogP contribution >= 0.6 is 0 Å². The number of carbonyl (C=O) groups is 1. The van der Waals surface area contributed by atoms with E-state index in [1.807, 2.05) is 0 Å². The van der Waals surface area contributed by atoms with Crippen LogP contribution in [0.3, 0.4) is 0 Å². The van der Waals surface area contributed by atoms with Crippen molar-refractivity contribution in [2.45, 2.75) is 45.3 Å². The smallest absolute Gasteiger partial charge is 0.161 e. The first-order valence-corrected chi connectivity index (χ1v) is 7.05. The van der Waals surface area contributed by atoms with Crippen LogP contribution in [0.25, 0.3) is 0 Å². The number of methoxy groups -OCH3 is 2. The number of Topliss-reactive ketones (excluding diaryl/α,β-unsaturated/α-hetero) is 1. The Kier molecular flexibility index (Phi) is 1.63. The first kappa shape index (κ1) is 5.47. The molecular weight excluding hydrogens is 302 g/mol. The van der Waals surface area contributed by atoms with Crippen LogP contribution in [-0.2, 0) is 11.2 Å². The molecule has 1 saturated heterocycles. The van der Waals surface area contributed by atoms with Crippen molar-refractivity contribution in [3.63, 3.8) is 0 Å². The molecule has 0 amide bonds. The Balaban J connectivity index is 2.44. The number of rotatable bonds is 5. The molecule has 0 bridgehead atoms. The number of benzene rings is 1. The summed E-state index contributed by atoms with van der Waals surface area (Å²) in [5, 5.41) is 0. The van der Waals surface area contributed by atoms with Gasteiger partial charge in [-0.15, -0.1) is 0 Å². The molecule has 3 atom stereocenters. The lowest BCUT2D eigenvalue weighted by Gasteiger charge is -2.43. The highest BCUT2D eigenvalue weighted by molar-refractivity contribution is 5.83. The third kappa shape index (κ3) is 3.16. The molecule has 2 aliphatic heterocycles. The summed E-state index contributed by atoms with van der Waals surface area (Å²) in [6, 6.07) is -5.01. The van der Waals surface area contributed by atoms with Crippen LogP contribution in [0.1, 0.15) is 76.1 Å². The van der Waals surface area contributed by atoms with E-state index in [0.29, 0.717) is 6.92 Å². The van der Waals surface area contributed by atoms with E-state index in [1.165, 1.54) is 0 Å². The molecule has 2 aliphatic rings. The van der Waals surface area contributed by atoms with E-state index in [9.17, 15) is 6.17 Å². The monoisotopic (exact) mass is 350 g/mol. The highest BCUT2D eigenvalue weighted by Gasteiger charge is 2.38. The summed E-state index contributed by atoms with van der Waals surface area (Å²) >= 11 is 0. The zero-order chi connectivity index (χ0) is 33.9. The van der Waals surface area contributed by atoms with Crippen LogP contribution in [0.15, 0.2) is 12.1 Å². The number of ketones is 1. The molecule has 0 N–H and O–H groups in total. The molecule has 1 fully saturated rings. The molecule has 3 unspecified atom stereocenters. The highest BCUT2D eigenvalue weighted by atomic mass is 16.5. The predicted molar refractivity (Wildman–Crippen MR) is 94.8 cm³/mol. The molecule has 4 nitrogen and oxygen atoms in total. The van der Waals surface area contributed by atoms with Crippen LogP contribution in [-0.4, -0.2) is 37.9 Å². The van der Waals surface area contributed by atoms with Gasteiger partial charge < -0.3 is 9.47 Å². The number of hydrogen-bond donors (Lipinski definition) is 0. The number of nitrogens with zero attached hydrogens (tertiary/aromatic N) is 1. The van der Waals surface area contributed by atoms with Crippen LogP contribution < -0.4 is 9.47 Å². The first-order valence-electron chi connectivity index (χ1n) is 16.5. The van der Waals surface area contributed by atoms with Crippen LogP contribution in [0, 0.1) is 11.8 Å². The molecule has 0 aromatic heterocycles. The van der Waals surface area contributed by atoms with Crippen LogP contribution in [0.4, 0.5) is 0 Å². The van der Waals surface area contributed by atoms with E-state index in [4.69, 9.17) is 34.1 Å². The van der Waals surface area contributed by atoms with Gasteiger partial charge in [0.25, 0.3) is 0 Å². The molecule has 3 rings (SSSR count). The van der Waals surface area contributed by atoms with Gasteiger partial charge >= 0.3 is 0 Å². The van der Waals surface area contributed by atoms with Gasteiger partial charge in [0.15, 0.2) is 11.5 Å². The van der Waals surface area contributed by atoms with Gasteiger partial charge in [-0.2, -0.15) is 0 Å². The largest absolute Gasteiger partial charge is 0.493 e. The van der Waals surface area contributed by atoms with E-state index in [0.717, 1.165) is 7.11 Å². The number of fused-ring (bicyclic) bond motifs is 3. The maximum Gasteiger partial charge on any atom is 0.161 e. The van der Waals surface area contributed by atoms with Crippen molar-refractivity contribution in [3.05, 3.63) is 23.2 Å². The van der Waals surface area contributed by atoms with Crippen molar-refractivity contribution in [2.75, 3.05) is 27.2 Å². The van der Waals surface area contributed by atoms with Crippen molar-refractivity contribution in [2.24, 2.45) is 11.8 Å². The van der Waals surface area contributed by atoms with E-state index in [2.05, 4.69) is 0 Å². The summed E-state index contributed by atoms with van der Waals surface area (Å²) in [5.41, 5.74) is -1.88. The summed E-state index contributed by atoms with van der Waals surface area (Å²) in [5.74, 6) is -10.7. The quantitative estimate of drug-likeness (QED) is 0.813. The number of ether oxygens (including phenoxy) is 2. The molecule has 0 radical (unpaired) electrons. The fourth-order valence-corrected chi connectivity index (χ4v) is 2.46. The molecule has 132 valence electrons. The van der Waals surface area contributed by atoms with Gasteiger partial charge in [-0.25, -0.2) is 0 Å². The molecule has 1 aromatic carbocycles. The molecule has 1 aromatic rings. The maximum atomic E-state index is 13.7. The third-order valence-corrected chi connectivity index (χ3v) is 3.68. The molecule has 0 aliphatic carbocycles. The molecule has 4 heteroatoms. The summed E-state index contributed by atoms with van der Waals surface area (Å²) in [6.07, 6.45) is -12.0. The van der Waals surface area contributed by atoms with E-state index in [1.54, 1.807) is 0 Å².